The van der Waals surface area contributed by atoms with Crippen molar-refractivity contribution in [1.29, 1.82) is 0 Å². The molecule has 0 radical (unpaired) electrons. The third-order valence-electron chi connectivity index (χ3n) is 21.5. The molecule has 0 aliphatic carbocycles. The van der Waals surface area contributed by atoms with E-state index in [2.05, 4.69) is 27.3 Å². The molecule has 117 heavy (non-hydrogen) atoms. The van der Waals surface area contributed by atoms with E-state index in [1.807, 2.05) is 101 Å². The monoisotopic (exact) mass is 1640 g/mol. The second kappa shape index (κ2) is 43.6. The Morgan fingerprint density at radius 3 is 1.57 bits per heavy atom. The number of allylic oxidation sites excluding steroid dienone is 4. The molecule has 1 aromatic heterocycles. The first-order valence-electron chi connectivity index (χ1n) is 40.9. The maximum Gasteiger partial charge on any atom is 0.348 e. The van der Waals surface area contributed by atoms with E-state index in [0.717, 1.165) is 20.9 Å². The fourth-order valence-corrected chi connectivity index (χ4v) is 14.6. The van der Waals surface area contributed by atoms with E-state index in [4.69, 9.17) is 13.9 Å². The van der Waals surface area contributed by atoms with Gasteiger partial charge in [-0.25, -0.2) is 4.79 Å². The Morgan fingerprint density at radius 2 is 1.08 bits per heavy atom. The van der Waals surface area contributed by atoms with Crippen LogP contribution >= 0.6 is 0 Å². The number of carbonyl (C=O) groups excluding carboxylic acids is 11. The van der Waals surface area contributed by atoms with Gasteiger partial charge in [0, 0.05) is 54.9 Å². The van der Waals surface area contributed by atoms with Crippen LogP contribution in [0, 0.1) is 41.4 Å². The average Bonchev–Trinajstić information content (AvgIpc) is 0.725. The second-order valence-electron chi connectivity index (χ2n) is 34.7. The van der Waals surface area contributed by atoms with Crippen molar-refractivity contribution in [2.24, 2.45) is 41.4 Å². The molecular weight excluding hydrogens is 1500 g/mol. The first-order valence-corrected chi connectivity index (χ1v) is 40.9. The van der Waals surface area contributed by atoms with Gasteiger partial charge in [-0.15, -0.1) is 0 Å². The summed E-state index contributed by atoms with van der Waals surface area (Å²) < 4.78 is 17.8. The number of phenolic OH excluding ortho intramolecular Hbond substituents is 1. The quantitative estimate of drug-likeness (QED) is 0.0435. The molecular formula is C88H137N11O18. The molecule has 2 aromatic carbocycles. The van der Waals surface area contributed by atoms with E-state index in [1.165, 1.54) is 107 Å². The summed E-state index contributed by atoms with van der Waals surface area (Å²) in [5, 5.41) is 44.3. The number of likely N-dealkylation sites (N-methyl/N-ethyl adjacent to an activating group) is 7. The van der Waals surface area contributed by atoms with Gasteiger partial charge in [-0.3, -0.25) is 52.7 Å². The van der Waals surface area contributed by atoms with Gasteiger partial charge in [0.25, 0.3) is 0 Å². The normalized spacial score (nSPS) is 23.4. The Balaban J connectivity index is 0.000000736. The molecule has 5 rings (SSSR count). The Bertz CT molecular complexity index is 4160. The highest BCUT2D eigenvalue weighted by atomic mass is 16.5. The Hall–Kier alpha value is -9.80. The standard InChI is InChI=1S/C62H111N11O12.C26H26O6/c1-25-27-28-40(15)52(75)51-56(79)65-43(26-2)58(81)67(18)33-48(74)68(19)44(29-34(3)4)55(78)66-49(38(11)12)61(84)69(20)45(30-35(5)6)54(77)63-41(16)53(76)64-42(17)57(80)70(21)46(31-36(7)8)59(82)71(22)47(32-37(9)10)60(83)72(23)50(39(13)14)62(85)73(51)24;1-14(2)6-11-17-22-18(12-13-26(3,4)32-22)24-20(23(17)30-5)21(28)19(25(29)31-24)15-7-9-16(27)10-8-15/h25,27,34-47,49-52,75H,26,28-33H2,1-24H3,(H,63,77)(H,64,76)(H,65,79)(H,66,78);6-10,12-13,27-28H,11H2,1-5H3. The number of fused-ring (bicyclic) bond motifs is 3. The maximum atomic E-state index is 15.1. The van der Waals surface area contributed by atoms with Crippen LogP contribution < -0.4 is 36.4 Å². The molecule has 12 unspecified atom stereocenters. The number of phenols is 1. The summed E-state index contributed by atoms with van der Waals surface area (Å²) in [6, 6.07) is -6.34. The Morgan fingerprint density at radius 1 is 0.590 bits per heavy atom. The van der Waals surface area contributed by atoms with Crippen LogP contribution in [0.2, 0.25) is 0 Å². The first-order chi connectivity index (χ1) is 54.3. The Kier molecular flexibility index (Phi) is 37.1. The molecule has 2 aliphatic rings. The van der Waals surface area contributed by atoms with E-state index in [0.29, 0.717) is 40.9 Å². The molecule has 12 atom stereocenters. The average molecular weight is 1640 g/mol. The summed E-state index contributed by atoms with van der Waals surface area (Å²) in [4.78, 5) is 181. The molecule has 1 fully saturated rings. The molecule has 29 heteroatoms. The zero-order valence-electron chi connectivity index (χ0n) is 74.8. The number of nitrogens with one attached hydrogen (secondary N) is 4. The number of aromatic hydroxyl groups is 2. The predicted octanol–water partition coefficient (Wildman–Crippen LogP) is 8.84. The third-order valence-corrected chi connectivity index (χ3v) is 21.5. The number of benzene rings is 2. The van der Waals surface area contributed by atoms with Crippen LogP contribution in [-0.4, -0.2) is 250 Å². The first kappa shape index (κ1) is 99.6. The maximum absolute atomic E-state index is 15.1. The number of aliphatic hydroxyl groups excluding tert-OH is 1. The van der Waals surface area contributed by atoms with Crippen molar-refractivity contribution >= 4 is 82.0 Å². The van der Waals surface area contributed by atoms with E-state index in [9.17, 15) is 63.3 Å². The van der Waals surface area contributed by atoms with Gasteiger partial charge in [-0.2, -0.15) is 0 Å². The van der Waals surface area contributed by atoms with Crippen LogP contribution in [-0.2, 0) is 59.2 Å². The predicted molar refractivity (Wildman–Crippen MR) is 453 cm³/mol. The lowest BCUT2D eigenvalue weighted by Gasteiger charge is -2.41. The van der Waals surface area contributed by atoms with Gasteiger partial charge >= 0.3 is 5.63 Å². The summed E-state index contributed by atoms with van der Waals surface area (Å²) in [6.45, 7) is 37.2. The summed E-state index contributed by atoms with van der Waals surface area (Å²) in [5.74, 6) is -8.93. The molecule has 0 spiro atoms. The van der Waals surface area contributed by atoms with Gasteiger partial charge in [-0.1, -0.05) is 133 Å². The van der Waals surface area contributed by atoms with E-state index < -0.39 is 167 Å². The van der Waals surface area contributed by atoms with Crippen LogP contribution in [0.5, 0.6) is 23.0 Å². The second-order valence-corrected chi connectivity index (χ2v) is 34.7. The summed E-state index contributed by atoms with van der Waals surface area (Å²) in [7, 11) is 11.4. The molecule has 652 valence electrons. The van der Waals surface area contributed by atoms with Crippen molar-refractivity contribution in [2.45, 2.75) is 262 Å². The number of amides is 11. The van der Waals surface area contributed by atoms with Crippen molar-refractivity contribution in [3.05, 3.63) is 75.7 Å². The number of rotatable bonds is 19. The molecule has 2 aliphatic heterocycles. The number of aliphatic hydroxyl groups is 1. The number of nitrogens with zero attached hydrogens (tertiary/aromatic N) is 7. The SMILES string of the molecule is CC=CCC(C)C(O)C1C(=O)NC(CC)C(=O)N(C)CC(=O)N(C)C(CC(C)C)C(=O)NC(C(C)C)C(=O)N(C)C(CC(C)C)C(=O)NC(C)C(=O)NC(C)C(=O)N(C)C(CC(C)C)C(=O)N(C)C(CC(C)C)C(=O)N(C)C(C(C)C)C(=O)N1C.COc1c(CC=C(C)C)c2c(c3oc(=O)c(-c4ccc(O)cc4)c(O)c13)C=CC(C)(C)O2. The van der Waals surface area contributed by atoms with Crippen LogP contribution in [0.25, 0.3) is 28.2 Å². The molecule has 11 amide bonds. The number of carbonyl (C=O) groups is 11. The van der Waals surface area contributed by atoms with Crippen molar-refractivity contribution in [3.63, 3.8) is 0 Å². The minimum atomic E-state index is -1.61. The summed E-state index contributed by atoms with van der Waals surface area (Å²) in [5.41, 5.74) is 1.85. The number of methoxy groups -OCH3 is 1. The Labute approximate surface area is 693 Å². The van der Waals surface area contributed by atoms with Gasteiger partial charge in [0.2, 0.25) is 65.0 Å². The molecule has 3 heterocycles. The number of ether oxygens (including phenoxy) is 2. The number of hydrogen-bond acceptors (Lipinski definition) is 18. The molecule has 1 saturated heterocycles. The number of hydrogen-bond donors (Lipinski definition) is 7. The summed E-state index contributed by atoms with van der Waals surface area (Å²) >= 11 is 0. The minimum absolute atomic E-state index is 0.00458. The van der Waals surface area contributed by atoms with E-state index >= 15 is 9.59 Å². The van der Waals surface area contributed by atoms with Gasteiger partial charge < -0.3 is 84.8 Å². The highest BCUT2D eigenvalue weighted by molar-refractivity contribution is 6.03. The lowest BCUT2D eigenvalue weighted by molar-refractivity contribution is -0.157. The lowest BCUT2D eigenvalue weighted by atomic mass is 9.91. The van der Waals surface area contributed by atoms with Crippen LogP contribution in [0.4, 0.5) is 0 Å². The van der Waals surface area contributed by atoms with Gasteiger partial charge in [-0.05, 0) is 165 Å². The third kappa shape index (κ3) is 25.6. The van der Waals surface area contributed by atoms with Crippen LogP contribution in [0.15, 0.2) is 63.4 Å². The minimum Gasteiger partial charge on any atom is -0.508 e. The van der Waals surface area contributed by atoms with Crippen LogP contribution in [0.1, 0.15) is 195 Å². The van der Waals surface area contributed by atoms with Crippen molar-refractivity contribution in [2.75, 3.05) is 63.0 Å². The zero-order valence-corrected chi connectivity index (χ0v) is 74.8. The van der Waals surface area contributed by atoms with Gasteiger partial charge in [0.15, 0.2) is 5.58 Å². The van der Waals surface area contributed by atoms with Crippen LogP contribution in [0.3, 0.4) is 0 Å². The van der Waals surface area contributed by atoms with Gasteiger partial charge in [0.05, 0.1) is 25.3 Å². The van der Waals surface area contributed by atoms with Crippen molar-refractivity contribution in [3.8, 4) is 34.1 Å². The zero-order chi connectivity index (χ0) is 89.2. The smallest absolute Gasteiger partial charge is 0.348 e. The molecule has 29 nitrogen and oxygen atoms in total. The highest BCUT2D eigenvalue weighted by Gasteiger charge is 2.46. The lowest BCUT2D eigenvalue weighted by Crippen LogP contribution is -2.63. The fraction of sp³-hybridized carbons (Fsp3) is 0.636. The molecule has 7 N–H and O–H groups in total. The van der Waals surface area contributed by atoms with Crippen molar-refractivity contribution < 1.29 is 82.0 Å². The summed E-state index contributed by atoms with van der Waals surface area (Å²) in [6.07, 6.45) is 9.35. The molecule has 0 bridgehead atoms. The van der Waals surface area contributed by atoms with E-state index in [-0.39, 0.29) is 78.4 Å². The van der Waals surface area contributed by atoms with Gasteiger partial charge in [0.1, 0.15) is 100.0 Å². The molecule has 0 saturated carbocycles. The largest absolute Gasteiger partial charge is 0.508 e. The highest BCUT2D eigenvalue weighted by Crippen LogP contribution is 2.50. The topological polar surface area (TPSA) is 368 Å². The van der Waals surface area contributed by atoms with Crippen molar-refractivity contribution in [1.82, 2.24) is 55.6 Å². The molecule has 3 aromatic rings. The fourth-order valence-electron chi connectivity index (χ4n) is 14.6. The van der Waals surface area contributed by atoms with E-state index in [1.54, 1.807) is 66.7 Å².